The SMILES string of the molecule is O=C(NCc1ccccc1OC(F)F)Nc1ccccc1. The van der Waals surface area contributed by atoms with Gasteiger partial charge in [0.2, 0.25) is 0 Å². The summed E-state index contributed by atoms with van der Waals surface area (Å²) in [5, 5.41) is 5.22. The molecule has 0 aliphatic heterocycles. The third-order valence-electron chi connectivity index (χ3n) is 2.66. The van der Waals surface area contributed by atoms with E-state index in [-0.39, 0.29) is 12.3 Å². The average molecular weight is 292 g/mol. The van der Waals surface area contributed by atoms with Crippen molar-refractivity contribution < 1.29 is 18.3 Å². The van der Waals surface area contributed by atoms with Crippen LogP contribution in [-0.2, 0) is 6.54 Å². The number of carbonyl (C=O) groups is 1. The Bertz CT molecular complexity index is 591. The molecule has 2 aromatic rings. The largest absolute Gasteiger partial charge is 0.434 e. The summed E-state index contributed by atoms with van der Waals surface area (Å²) in [6, 6.07) is 14.8. The van der Waals surface area contributed by atoms with Gasteiger partial charge in [-0.05, 0) is 18.2 Å². The summed E-state index contributed by atoms with van der Waals surface area (Å²) in [4.78, 5) is 11.7. The highest BCUT2D eigenvalue weighted by Crippen LogP contribution is 2.19. The van der Waals surface area contributed by atoms with Gasteiger partial charge >= 0.3 is 12.6 Å². The van der Waals surface area contributed by atoms with Crippen LogP contribution < -0.4 is 15.4 Å². The topological polar surface area (TPSA) is 50.4 Å². The number of anilines is 1. The van der Waals surface area contributed by atoms with Crippen LogP contribution in [0.1, 0.15) is 5.56 Å². The molecule has 6 heteroatoms. The summed E-state index contributed by atoms with van der Waals surface area (Å²) < 4.78 is 28.9. The van der Waals surface area contributed by atoms with Crippen LogP contribution in [0.3, 0.4) is 0 Å². The van der Waals surface area contributed by atoms with Crippen LogP contribution in [-0.4, -0.2) is 12.6 Å². The molecule has 0 unspecified atom stereocenters. The Balaban J connectivity index is 1.92. The maximum atomic E-state index is 12.3. The maximum absolute atomic E-state index is 12.3. The fraction of sp³-hybridized carbons (Fsp3) is 0.133. The first-order valence-electron chi connectivity index (χ1n) is 6.28. The number of nitrogens with one attached hydrogen (secondary N) is 2. The van der Waals surface area contributed by atoms with Crippen LogP contribution >= 0.6 is 0 Å². The molecule has 0 saturated heterocycles. The summed E-state index contributed by atoms with van der Waals surface area (Å²) in [6.07, 6.45) is 0. The van der Waals surface area contributed by atoms with E-state index in [1.807, 2.05) is 6.07 Å². The van der Waals surface area contributed by atoms with E-state index in [0.717, 1.165) is 0 Å². The van der Waals surface area contributed by atoms with Crippen LogP contribution in [0.5, 0.6) is 5.75 Å². The second kappa shape index (κ2) is 7.23. The number of para-hydroxylation sites is 2. The lowest BCUT2D eigenvalue weighted by molar-refractivity contribution is -0.0504. The quantitative estimate of drug-likeness (QED) is 0.884. The highest BCUT2D eigenvalue weighted by Gasteiger charge is 2.10. The molecule has 2 N–H and O–H groups in total. The highest BCUT2D eigenvalue weighted by molar-refractivity contribution is 5.89. The summed E-state index contributed by atoms with van der Waals surface area (Å²) in [5.74, 6) is 0.0486. The minimum atomic E-state index is -2.90. The molecule has 2 aromatic carbocycles. The first-order valence-corrected chi connectivity index (χ1v) is 6.28. The number of halogens is 2. The van der Waals surface area contributed by atoms with Crippen molar-refractivity contribution in [3.05, 3.63) is 60.2 Å². The molecular formula is C15H14F2N2O2. The molecule has 0 fully saturated rings. The normalized spacial score (nSPS) is 10.2. The highest BCUT2D eigenvalue weighted by atomic mass is 19.3. The number of rotatable bonds is 5. The number of alkyl halides is 2. The van der Waals surface area contributed by atoms with E-state index in [2.05, 4.69) is 15.4 Å². The van der Waals surface area contributed by atoms with Crippen LogP contribution in [0, 0.1) is 0 Å². The van der Waals surface area contributed by atoms with Gasteiger partial charge in [-0.25, -0.2) is 4.79 Å². The average Bonchev–Trinajstić information content (AvgIpc) is 2.47. The van der Waals surface area contributed by atoms with Gasteiger partial charge in [-0.15, -0.1) is 0 Å². The van der Waals surface area contributed by atoms with Crippen molar-refractivity contribution in [2.75, 3.05) is 5.32 Å². The van der Waals surface area contributed by atoms with E-state index in [1.54, 1.807) is 42.5 Å². The monoisotopic (exact) mass is 292 g/mol. The van der Waals surface area contributed by atoms with E-state index in [9.17, 15) is 13.6 Å². The van der Waals surface area contributed by atoms with Crippen molar-refractivity contribution in [3.63, 3.8) is 0 Å². The van der Waals surface area contributed by atoms with Gasteiger partial charge in [0.05, 0.1) is 0 Å². The number of ether oxygens (including phenoxy) is 1. The van der Waals surface area contributed by atoms with Gasteiger partial charge in [0.15, 0.2) is 0 Å². The number of amides is 2. The third kappa shape index (κ3) is 4.76. The third-order valence-corrected chi connectivity index (χ3v) is 2.66. The Labute approximate surface area is 120 Å². The lowest BCUT2D eigenvalue weighted by Crippen LogP contribution is -2.28. The lowest BCUT2D eigenvalue weighted by Gasteiger charge is -2.12. The Kier molecular flexibility index (Phi) is 5.09. The zero-order valence-electron chi connectivity index (χ0n) is 11.1. The van der Waals surface area contributed by atoms with Gasteiger partial charge in [-0.1, -0.05) is 36.4 Å². The number of hydrogen-bond donors (Lipinski definition) is 2. The van der Waals surface area contributed by atoms with Crippen LogP contribution in [0.4, 0.5) is 19.3 Å². The van der Waals surface area contributed by atoms with Gasteiger partial charge < -0.3 is 15.4 Å². The van der Waals surface area contributed by atoms with E-state index < -0.39 is 12.6 Å². The smallest absolute Gasteiger partial charge is 0.387 e. The second-order valence-corrected chi connectivity index (χ2v) is 4.16. The minimum Gasteiger partial charge on any atom is -0.434 e. The van der Waals surface area contributed by atoms with Crippen molar-refractivity contribution in [2.24, 2.45) is 0 Å². The molecule has 0 aliphatic carbocycles. The van der Waals surface area contributed by atoms with Gasteiger partial charge in [0.25, 0.3) is 0 Å². The lowest BCUT2D eigenvalue weighted by atomic mass is 10.2. The Morgan fingerprint density at radius 2 is 1.71 bits per heavy atom. The summed E-state index contributed by atoms with van der Waals surface area (Å²) >= 11 is 0. The van der Waals surface area contributed by atoms with Crippen LogP contribution in [0.25, 0.3) is 0 Å². The van der Waals surface area contributed by atoms with E-state index in [1.165, 1.54) is 6.07 Å². The molecule has 0 radical (unpaired) electrons. The fourth-order valence-electron chi connectivity index (χ4n) is 1.73. The minimum absolute atomic E-state index is 0.0486. The number of benzene rings is 2. The second-order valence-electron chi connectivity index (χ2n) is 4.16. The first-order chi connectivity index (χ1) is 10.1. The molecule has 2 rings (SSSR count). The van der Waals surface area contributed by atoms with Gasteiger partial charge in [0, 0.05) is 17.8 Å². The zero-order chi connectivity index (χ0) is 15.1. The van der Waals surface area contributed by atoms with E-state index in [4.69, 9.17) is 0 Å². The standard InChI is InChI=1S/C15H14F2N2O2/c16-14(17)21-13-9-5-4-6-11(13)10-18-15(20)19-12-7-2-1-3-8-12/h1-9,14H,10H2,(H2,18,19,20). The van der Waals surface area contributed by atoms with Crippen molar-refractivity contribution in [3.8, 4) is 5.75 Å². The molecule has 0 saturated carbocycles. The number of urea groups is 1. The predicted molar refractivity (Wildman–Crippen MR) is 75.4 cm³/mol. The fourth-order valence-corrected chi connectivity index (χ4v) is 1.73. The van der Waals surface area contributed by atoms with Crippen molar-refractivity contribution in [1.29, 1.82) is 0 Å². The molecule has 0 atom stereocenters. The predicted octanol–water partition coefficient (Wildman–Crippen LogP) is 3.61. The first kappa shape index (κ1) is 14.8. The molecule has 2 amide bonds. The molecule has 0 spiro atoms. The molecule has 4 nitrogen and oxygen atoms in total. The molecule has 110 valence electrons. The Hall–Kier alpha value is -2.63. The summed E-state index contributed by atoms with van der Waals surface area (Å²) in [7, 11) is 0. The van der Waals surface area contributed by atoms with Crippen molar-refractivity contribution in [1.82, 2.24) is 5.32 Å². The van der Waals surface area contributed by atoms with Crippen LogP contribution in [0.15, 0.2) is 54.6 Å². The summed E-state index contributed by atoms with van der Waals surface area (Å²) in [5.41, 5.74) is 1.12. The zero-order valence-corrected chi connectivity index (χ0v) is 11.1. The molecule has 0 aliphatic rings. The molecule has 0 heterocycles. The molecule has 0 bridgehead atoms. The molecular weight excluding hydrogens is 278 g/mol. The number of hydrogen-bond acceptors (Lipinski definition) is 2. The summed E-state index contributed by atoms with van der Waals surface area (Å²) in [6.45, 7) is -2.81. The Morgan fingerprint density at radius 1 is 1.05 bits per heavy atom. The molecule has 0 aromatic heterocycles. The van der Waals surface area contributed by atoms with E-state index >= 15 is 0 Å². The number of carbonyl (C=O) groups excluding carboxylic acids is 1. The van der Waals surface area contributed by atoms with Crippen molar-refractivity contribution >= 4 is 11.7 Å². The van der Waals surface area contributed by atoms with Gasteiger partial charge in [-0.3, -0.25) is 0 Å². The van der Waals surface area contributed by atoms with Crippen LogP contribution in [0.2, 0.25) is 0 Å². The van der Waals surface area contributed by atoms with Crippen molar-refractivity contribution in [2.45, 2.75) is 13.2 Å². The van der Waals surface area contributed by atoms with Gasteiger partial charge in [0.1, 0.15) is 5.75 Å². The maximum Gasteiger partial charge on any atom is 0.387 e. The van der Waals surface area contributed by atoms with Gasteiger partial charge in [-0.2, -0.15) is 8.78 Å². The molecule has 21 heavy (non-hydrogen) atoms. The van der Waals surface area contributed by atoms with E-state index in [0.29, 0.717) is 11.3 Å². The Morgan fingerprint density at radius 3 is 2.43 bits per heavy atom.